The van der Waals surface area contributed by atoms with E-state index >= 15 is 0 Å². The molecule has 0 aliphatic carbocycles. The van der Waals surface area contributed by atoms with Crippen molar-refractivity contribution in [2.75, 3.05) is 18.2 Å². The second-order valence-electron chi connectivity index (χ2n) is 4.01. The van der Waals surface area contributed by atoms with Crippen LogP contribution >= 0.6 is 23.2 Å². The summed E-state index contributed by atoms with van der Waals surface area (Å²) >= 11 is 12.3. The molecular formula is C14H14Cl2N2O. The molecule has 0 saturated carbocycles. The van der Waals surface area contributed by atoms with E-state index in [0.29, 0.717) is 22.3 Å². The Balaban J connectivity index is 2.19. The Morgan fingerprint density at radius 3 is 2.63 bits per heavy atom. The minimum atomic E-state index is 0.520. The summed E-state index contributed by atoms with van der Waals surface area (Å²) in [6, 6.07) is 10.9. The number of methoxy groups -OCH3 is 1. The molecule has 0 aliphatic heterocycles. The molecule has 0 spiro atoms. The molecule has 0 amide bonds. The first kappa shape index (κ1) is 13.8. The lowest BCUT2D eigenvalue weighted by molar-refractivity contribution is 0.410. The van der Waals surface area contributed by atoms with Gasteiger partial charge in [-0.25, -0.2) is 0 Å². The lowest BCUT2D eigenvalue weighted by Crippen LogP contribution is -2.03. The average Bonchev–Trinajstić information content (AvgIpc) is 2.39. The first-order valence-electron chi connectivity index (χ1n) is 5.72. The molecule has 0 fully saturated rings. The lowest BCUT2D eigenvalue weighted by Gasteiger charge is -2.13. The van der Waals surface area contributed by atoms with E-state index in [1.54, 1.807) is 19.2 Å². The highest BCUT2D eigenvalue weighted by Crippen LogP contribution is 2.29. The highest BCUT2D eigenvalue weighted by Gasteiger charge is 2.08. The second kappa shape index (κ2) is 6.04. The van der Waals surface area contributed by atoms with Gasteiger partial charge in [-0.15, -0.1) is 0 Å². The second-order valence-corrected chi connectivity index (χ2v) is 4.83. The molecule has 5 heteroatoms. The molecule has 2 aromatic rings. The summed E-state index contributed by atoms with van der Waals surface area (Å²) < 4.78 is 5.29. The Morgan fingerprint density at radius 1 is 1.16 bits per heavy atom. The minimum absolute atomic E-state index is 0.520. The summed E-state index contributed by atoms with van der Waals surface area (Å²) in [5, 5.41) is 4.45. The SMILES string of the molecule is COc1cccc(Cl)c1CNc1ccc(N)cc1Cl. The quantitative estimate of drug-likeness (QED) is 0.832. The van der Waals surface area contributed by atoms with Crippen LogP contribution < -0.4 is 15.8 Å². The fourth-order valence-electron chi connectivity index (χ4n) is 1.76. The fourth-order valence-corrected chi connectivity index (χ4v) is 2.25. The van der Waals surface area contributed by atoms with Crippen LogP contribution in [0.1, 0.15) is 5.56 Å². The van der Waals surface area contributed by atoms with Crippen molar-refractivity contribution >= 4 is 34.6 Å². The zero-order valence-electron chi connectivity index (χ0n) is 10.4. The molecular weight excluding hydrogens is 283 g/mol. The summed E-state index contributed by atoms with van der Waals surface area (Å²) in [6.45, 7) is 0.520. The summed E-state index contributed by atoms with van der Waals surface area (Å²) in [5.74, 6) is 0.742. The molecule has 0 bridgehead atoms. The molecule has 2 rings (SSSR count). The van der Waals surface area contributed by atoms with Crippen LogP contribution in [0.3, 0.4) is 0 Å². The van der Waals surface area contributed by atoms with E-state index in [-0.39, 0.29) is 0 Å². The van der Waals surface area contributed by atoms with Gasteiger partial charge in [-0.3, -0.25) is 0 Å². The van der Waals surface area contributed by atoms with Crippen LogP contribution in [0.5, 0.6) is 5.75 Å². The van der Waals surface area contributed by atoms with Crippen molar-refractivity contribution in [2.45, 2.75) is 6.54 Å². The number of rotatable bonds is 4. The normalized spacial score (nSPS) is 10.3. The number of nitrogens with two attached hydrogens (primary N) is 1. The Kier molecular flexibility index (Phi) is 4.40. The van der Waals surface area contributed by atoms with E-state index in [4.69, 9.17) is 33.7 Å². The van der Waals surface area contributed by atoms with Crippen molar-refractivity contribution in [3.05, 3.63) is 52.0 Å². The third-order valence-corrected chi connectivity index (χ3v) is 3.41. The van der Waals surface area contributed by atoms with Gasteiger partial charge < -0.3 is 15.8 Å². The lowest BCUT2D eigenvalue weighted by atomic mass is 10.2. The summed E-state index contributed by atoms with van der Waals surface area (Å²) in [7, 11) is 1.62. The molecule has 100 valence electrons. The Morgan fingerprint density at radius 2 is 1.95 bits per heavy atom. The molecule has 3 N–H and O–H groups in total. The predicted octanol–water partition coefficient (Wildman–Crippen LogP) is 4.20. The van der Waals surface area contributed by atoms with Crippen molar-refractivity contribution in [3.8, 4) is 5.75 Å². The van der Waals surface area contributed by atoms with Crippen molar-refractivity contribution in [1.29, 1.82) is 0 Å². The van der Waals surface area contributed by atoms with Crippen molar-refractivity contribution < 1.29 is 4.74 Å². The molecule has 0 saturated heterocycles. The average molecular weight is 297 g/mol. The molecule has 0 aromatic heterocycles. The Hall–Kier alpha value is -1.58. The molecule has 0 radical (unpaired) electrons. The maximum Gasteiger partial charge on any atom is 0.125 e. The number of hydrogen-bond acceptors (Lipinski definition) is 3. The number of nitrogen functional groups attached to an aromatic ring is 1. The van der Waals surface area contributed by atoms with Crippen molar-refractivity contribution in [1.82, 2.24) is 0 Å². The number of ether oxygens (including phenoxy) is 1. The molecule has 0 aliphatic rings. The van der Waals surface area contributed by atoms with Gasteiger partial charge in [0.15, 0.2) is 0 Å². The third kappa shape index (κ3) is 3.25. The highest BCUT2D eigenvalue weighted by atomic mass is 35.5. The van der Waals surface area contributed by atoms with Gasteiger partial charge >= 0.3 is 0 Å². The first-order chi connectivity index (χ1) is 9.11. The maximum atomic E-state index is 6.17. The van der Waals surface area contributed by atoms with Gasteiger partial charge in [-0.05, 0) is 30.3 Å². The fraction of sp³-hybridized carbons (Fsp3) is 0.143. The van der Waals surface area contributed by atoms with E-state index in [1.165, 1.54) is 0 Å². The van der Waals surface area contributed by atoms with E-state index in [9.17, 15) is 0 Å². The summed E-state index contributed by atoms with van der Waals surface area (Å²) in [4.78, 5) is 0. The highest BCUT2D eigenvalue weighted by molar-refractivity contribution is 6.33. The molecule has 0 unspecified atom stereocenters. The van der Waals surface area contributed by atoms with E-state index in [2.05, 4.69) is 5.32 Å². The standard InChI is InChI=1S/C14H14Cl2N2O/c1-19-14-4-2-3-11(15)10(14)8-18-13-6-5-9(17)7-12(13)16/h2-7,18H,8,17H2,1H3. The third-order valence-electron chi connectivity index (χ3n) is 2.74. The first-order valence-corrected chi connectivity index (χ1v) is 6.47. The number of benzene rings is 2. The van der Waals surface area contributed by atoms with Gasteiger partial charge in [0.2, 0.25) is 0 Å². The van der Waals surface area contributed by atoms with Crippen LogP contribution in [-0.2, 0) is 6.54 Å². The van der Waals surface area contributed by atoms with Gasteiger partial charge in [-0.1, -0.05) is 29.3 Å². The zero-order chi connectivity index (χ0) is 13.8. The topological polar surface area (TPSA) is 47.3 Å². The van der Waals surface area contributed by atoms with Crippen LogP contribution in [0.15, 0.2) is 36.4 Å². The largest absolute Gasteiger partial charge is 0.496 e. The van der Waals surface area contributed by atoms with Gasteiger partial charge in [0.25, 0.3) is 0 Å². The van der Waals surface area contributed by atoms with E-state index < -0.39 is 0 Å². The van der Waals surface area contributed by atoms with Gasteiger partial charge in [0.1, 0.15) is 5.75 Å². The number of hydrogen-bond donors (Lipinski definition) is 2. The number of nitrogens with one attached hydrogen (secondary N) is 1. The molecule has 2 aromatic carbocycles. The predicted molar refractivity (Wildman–Crippen MR) is 81.2 cm³/mol. The van der Waals surface area contributed by atoms with Crippen molar-refractivity contribution in [2.24, 2.45) is 0 Å². The van der Waals surface area contributed by atoms with E-state index in [0.717, 1.165) is 17.0 Å². The van der Waals surface area contributed by atoms with Gasteiger partial charge in [0, 0.05) is 22.8 Å². The van der Waals surface area contributed by atoms with Gasteiger partial charge in [-0.2, -0.15) is 0 Å². The molecule has 0 heterocycles. The smallest absolute Gasteiger partial charge is 0.125 e. The van der Waals surface area contributed by atoms with Gasteiger partial charge in [0.05, 0.1) is 17.8 Å². The monoisotopic (exact) mass is 296 g/mol. The molecule has 3 nitrogen and oxygen atoms in total. The summed E-state index contributed by atoms with van der Waals surface area (Å²) in [6.07, 6.45) is 0. The van der Waals surface area contributed by atoms with Crippen LogP contribution in [0.2, 0.25) is 10.0 Å². The maximum absolute atomic E-state index is 6.17. The van der Waals surface area contributed by atoms with E-state index in [1.807, 2.05) is 24.3 Å². The summed E-state index contributed by atoms with van der Waals surface area (Å²) in [5.41, 5.74) is 7.97. The van der Waals surface area contributed by atoms with Crippen LogP contribution in [-0.4, -0.2) is 7.11 Å². The zero-order valence-corrected chi connectivity index (χ0v) is 11.9. The molecule has 0 atom stereocenters. The Bertz CT molecular complexity index is 588. The minimum Gasteiger partial charge on any atom is -0.496 e. The van der Waals surface area contributed by atoms with Crippen LogP contribution in [0.25, 0.3) is 0 Å². The molecule has 19 heavy (non-hydrogen) atoms. The number of anilines is 2. The van der Waals surface area contributed by atoms with Crippen molar-refractivity contribution in [3.63, 3.8) is 0 Å². The Labute approximate surface area is 122 Å². The number of halogens is 2. The van der Waals surface area contributed by atoms with Crippen LogP contribution in [0, 0.1) is 0 Å². The van der Waals surface area contributed by atoms with Crippen LogP contribution in [0.4, 0.5) is 11.4 Å².